The Bertz CT molecular complexity index is 1280. The van der Waals surface area contributed by atoms with E-state index in [1.54, 1.807) is 0 Å². The van der Waals surface area contributed by atoms with E-state index in [9.17, 15) is 15.3 Å². The van der Waals surface area contributed by atoms with E-state index in [4.69, 9.17) is 11.0 Å². The van der Waals surface area contributed by atoms with Crippen molar-refractivity contribution in [1.29, 1.82) is 15.8 Å². The molecule has 0 fully saturated rings. The molecule has 27 heavy (non-hydrogen) atoms. The zero-order valence-electron chi connectivity index (χ0n) is 14.1. The van der Waals surface area contributed by atoms with Gasteiger partial charge in [-0.3, -0.25) is 4.79 Å². The third-order valence-electron chi connectivity index (χ3n) is 4.61. The summed E-state index contributed by atoms with van der Waals surface area (Å²) < 4.78 is 1.83. The number of fused-ring (bicyclic) bond motifs is 2. The van der Waals surface area contributed by atoms with Crippen molar-refractivity contribution < 1.29 is 0 Å². The van der Waals surface area contributed by atoms with E-state index in [0.717, 1.165) is 36.1 Å². The molecule has 3 aromatic rings. The lowest BCUT2D eigenvalue weighted by molar-refractivity contribution is 0.695. The molecule has 7 nitrogen and oxygen atoms in total. The van der Waals surface area contributed by atoms with Crippen LogP contribution in [0.4, 0.5) is 5.69 Å². The molecule has 2 N–H and O–H groups in total. The largest absolute Gasteiger partial charge is 0.396 e. The fourth-order valence-electron chi connectivity index (χ4n) is 3.38. The molecule has 0 radical (unpaired) electrons. The van der Waals surface area contributed by atoms with Crippen molar-refractivity contribution in [2.75, 3.05) is 5.73 Å². The fraction of sp³-hybridized carbons (Fsp3) is 0.278. The molecule has 0 unspecified atom stereocenters. The smallest absolute Gasteiger partial charge is 0.277 e. The lowest BCUT2D eigenvalue weighted by Gasteiger charge is -2.10. The Morgan fingerprint density at radius 1 is 1.11 bits per heavy atom. The molecule has 0 spiro atoms. The number of anilines is 1. The van der Waals surface area contributed by atoms with E-state index >= 15 is 0 Å². The summed E-state index contributed by atoms with van der Waals surface area (Å²) in [6, 6.07) is 6.16. The first-order valence-electron chi connectivity index (χ1n) is 8.26. The highest BCUT2D eigenvalue weighted by Gasteiger charge is 2.26. The number of aryl methyl sites for hydroxylation is 1. The zero-order chi connectivity index (χ0) is 19.1. The molecular weight excluding hydrogens is 380 g/mol. The number of hydrogen-bond donors (Lipinski definition) is 1. The summed E-state index contributed by atoms with van der Waals surface area (Å²) in [4.78, 5) is 18.6. The summed E-state index contributed by atoms with van der Waals surface area (Å²) >= 11 is 2.60. The Morgan fingerprint density at radius 2 is 1.85 bits per heavy atom. The number of thiophene rings is 1. The second-order valence-electron chi connectivity index (χ2n) is 6.14. The third-order valence-corrected chi connectivity index (χ3v) is 6.96. The Labute approximate surface area is 162 Å². The van der Waals surface area contributed by atoms with Gasteiger partial charge in [0.1, 0.15) is 27.7 Å². The molecule has 0 saturated carbocycles. The van der Waals surface area contributed by atoms with Crippen LogP contribution in [0.25, 0.3) is 15.3 Å². The van der Waals surface area contributed by atoms with Crippen molar-refractivity contribution in [2.45, 2.75) is 32.1 Å². The molecule has 0 aliphatic heterocycles. The average Bonchev–Trinajstić information content (AvgIpc) is 3.24. The van der Waals surface area contributed by atoms with Gasteiger partial charge in [-0.2, -0.15) is 15.8 Å². The van der Waals surface area contributed by atoms with Crippen LogP contribution < -0.4 is 11.3 Å². The Kier molecular flexibility index (Phi) is 4.16. The monoisotopic (exact) mass is 392 g/mol. The number of thiazole rings is 1. The van der Waals surface area contributed by atoms with E-state index in [0.29, 0.717) is 25.9 Å². The van der Waals surface area contributed by atoms with Crippen LogP contribution in [0.3, 0.4) is 0 Å². The molecule has 0 saturated heterocycles. The second kappa shape index (κ2) is 6.51. The predicted molar refractivity (Wildman–Crippen MR) is 103 cm³/mol. The maximum absolute atomic E-state index is 13.0. The highest BCUT2D eigenvalue weighted by atomic mass is 32.1. The minimum Gasteiger partial charge on any atom is -0.396 e. The molecule has 9 heteroatoms. The van der Waals surface area contributed by atoms with Gasteiger partial charge >= 0.3 is 0 Å². The van der Waals surface area contributed by atoms with Crippen LogP contribution in [-0.2, 0) is 19.3 Å². The first kappa shape index (κ1) is 17.2. The molecule has 0 bridgehead atoms. The van der Waals surface area contributed by atoms with Gasteiger partial charge < -0.3 is 5.73 Å². The van der Waals surface area contributed by atoms with Crippen molar-refractivity contribution in [1.82, 2.24) is 9.55 Å². The van der Waals surface area contributed by atoms with Crippen LogP contribution >= 0.6 is 22.7 Å². The van der Waals surface area contributed by atoms with Gasteiger partial charge in [-0.25, -0.2) is 9.55 Å². The molecule has 0 amide bonds. The topological polar surface area (TPSA) is 132 Å². The number of nitrogens with two attached hydrogens (primary N) is 1. The van der Waals surface area contributed by atoms with Gasteiger partial charge in [-0.1, -0.05) is 0 Å². The number of nitrogen functional groups attached to an aromatic ring is 1. The number of aromatic nitrogens is 2. The van der Waals surface area contributed by atoms with Gasteiger partial charge in [0.05, 0.1) is 28.4 Å². The van der Waals surface area contributed by atoms with Gasteiger partial charge in [0.15, 0.2) is 5.65 Å². The second-order valence-corrected chi connectivity index (χ2v) is 8.31. The van der Waals surface area contributed by atoms with Crippen LogP contribution in [0.15, 0.2) is 4.79 Å². The van der Waals surface area contributed by atoms with E-state index in [1.165, 1.54) is 27.2 Å². The van der Waals surface area contributed by atoms with E-state index < -0.39 is 5.56 Å². The normalized spacial score (nSPS) is 12.9. The first-order chi connectivity index (χ1) is 13.1. The number of rotatable bonds is 2. The van der Waals surface area contributed by atoms with Crippen LogP contribution in [0.2, 0.25) is 0 Å². The molecule has 3 heterocycles. The number of nitrogens with zero attached hydrogens (tertiary/aromatic N) is 5. The minimum atomic E-state index is -0.577. The lowest BCUT2D eigenvalue weighted by atomic mass is 9.96. The Hall–Kier alpha value is -3.19. The number of nitriles is 3. The molecule has 0 aromatic carbocycles. The van der Waals surface area contributed by atoms with E-state index in [1.807, 2.05) is 12.1 Å². The maximum Gasteiger partial charge on any atom is 0.277 e. The molecule has 4 rings (SSSR count). The minimum absolute atomic E-state index is 0.0790. The van der Waals surface area contributed by atoms with Gasteiger partial charge in [-0.15, -0.1) is 22.7 Å². The number of pyridine rings is 1. The summed E-state index contributed by atoms with van der Waals surface area (Å²) in [5, 5.41) is 29.2. The maximum atomic E-state index is 13.0. The molecule has 3 aromatic heterocycles. The quantitative estimate of drug-likeness (QED) is 0.713. The van der Waals surface area contributed by atoms with Crippen molar-refractivity contribution in [2.24, 2.45) is 0 Å². The van der Waals surface area contributed by atoms with Crippen LogP contribution in [-0.4, -0.2) is 9.55 Å². The summed E-state index contributed by atoms with van der Waals surface area (Å²) in [6.07, 6.45) is 3.83. The summed E-state index contributed by atoms with van der Waals surface area (Å²) in [6.45, 7) is 0. The highest BCUT2D eigenvalue weighted by Crippen LogP contribution is 2.38. The van der Waals surface area contributed by atoms with E-state index in [-0.39, 0.29) is 17.7 Å². The molecule has 132 valence electrons. The highest BCUT2D eigenvalue weighted by molar-refractivity contribution is 7.19. The van der Waals surface area contributed by atoms with Gasteiger partial charge in [0, 0.05) is 4.88 Å². The molecule has 1 aliphatic carbocycles. The molecule has 0 atom stereocenters. The van der Waals surface area contributed by atoms with Crippen molar-refractivity contribution in [3.8, 4) is 23.2 Å². The van der Waals surface area contributed by atoms with E-state index in [2.05, 4.69) is 11.1 Å². The van der Waals surface area contributed by atoms with Crippen LogP contribution in [0.1, 0.15) is 39.4 Å². The molecule has 1 aliphatic rings. The summed E-state index contributed by atoms with van der Waals surface area (Å²) in [7, 11) is 0. The summed E-state index contributed by atoms with van der Waals surface area (Å²) in [5.74, 6) is 0. The lowest BCUT2D eigenvalue weighted by Crippen LogP contribution is -2.23. The summed E-state index contributed by atoms with van der Waals surface area (Å²) in [5.41, 5.74) is 7.16. The predicted octanol–water partition coefficient (Wildman–Crippen LogP) is 2.78. The average molecular weight is 392 g/mol. The Balaban J connectivity index is 2.13. The van der Waals surface area contributed by atoms with Crippen molar-refractivity contribution in [3.05, 3.63) is 36.9 Å². The van der Waals surface area contributed by atoms with Gasteiger partial charge in [0.25, 0.3) is 5.56 Å². The number of hydrogen-bond acceptors (Lipinski definition) is 8. The molecular formula is C18H12N6OS2. The van der Waals surface area contributed by atoms with Gasteiger partial charge in [0.2, 0.25) is 0 Å². The van der Waals surface area contributed by atoms with Crippen LogP contribution in [0.5, 0.6) is 0 Å². The van der Waals surface area contributed by atoms with Crippen molar-refractivity contribution in [3.63, 3.8) is 0 Å². The zero-order valence-corrected chi connectivity index (χ0v) is 15.7. The third kappa shape index (κ3) is 2.50. The standard InChI is InChI=1S/C18H12N6OS2/c19-6-5-13-23-16-15(27-13)14(22)11(8-21)17(25)24(16)18-10(7-20)9-3-1-2-4-12(9)26-18/h1-5,22H2. The first-order valence-corrected chi connectivity index (χ1v) is 9.90. The van der Waals surface area contributed by atoms with Crippen LogP contribution in [0, 0.1) is 34.0 Å². The van der Waals surface area contributed by atoms with Crippen molar-refractivity contribution >= 4 is 38.7 Å². The Morgan fingerprint density at radius 3 is 2.56 bits per heavy atom. The fourth-order valence-corrected chi connectivity index (χ4v) is 5.67. The SMILES string of the molecule is N#CCc1nc2c(s1)c(N)c(C#N)c(=O)n2-c1sc2c(c1C#N)CCCC2. The van der Waals surface area contributed by atoms with Gasteiger partial charge in [-0.05, 0) is 31.2 Å².